The van der Waals surface area contributed by atoms with E-state index in [9.17, 15) is 9.18 Å². The molecule has 0 aliphatic carbocycles. The number of aromatic nitrogens is 1. The summed E-state index contributed by atoms with van der Waals surface area (Å²) in [5.74, 6) is 0.553. The van der Waals surface area contributed by atoms with Gasteiger partial charge >= 0.3 is 0 Å². The number of thiazole rings is 1. The number of nitrogens with zero attached hydrogens (tertiary/aromatic N) is 1. The Morgan fingerprint density at radius 1 is 1.19 bits per heavy atom. The Morgan fingerprint density at radius 2 is 1.92 bits per heavy atom. The zero-order valence-electron chi connectivity index (χ0n) is 14.3. The van der Waals surface area contributed by atoms with Crippen LogP contribution in [0, 0.1) is 12.7 Å². The number of carbonyl (C=O) groups excluding carboxylic acids is 1. The van der Waals surface area contributed by atoms with Crippen LogP contribution in [0.2, 0.25) is 0 Å². The number of aryl methyl sites for hydroxylation is 1. The Bertz CT molecular complexity index is 909. The third kappa shape index (κ3) is 4.18. The van der Waals surface area contributed by atoms with Crippen LogP contribution in [0.3, 0.4) is 0 Å². The molecule has 0 saturated heterocycles. The highest BCUT2D eigenvalue weighted by atomic mass is 32.1. The first-order valence-electron chi connectivity index (χ1n) is 7.86. The number of benzene rings is 2. The lowest BCUT2D eigenvalue weighted by Crippen LogP contribution is -2.12. The van der Waals surface area contributed by atoms with Gasteiger partial charge in [0.1, 0.15) is 33.8 Å². The van der Waals surface area contributed by atoms with E-state index in [1.807, 2.05) is 12.1 Å². The number of halogens is 1. The summed E-state index contributed by atoms with van der Waals surface area (Å²) in [6, 6.07) is 12.9. The minimum absolute atomic E-state index is 0.207. The molecule has 0 fully saturated rings. The number of hydrogen-bond donors (Lipinski definition) is 1. The Kier molecular flexibility index (Phi) is 5.48. The van der Waals surface area contributed by atoms with E-state index in [0.29, 0.717) is 32.8 Å². The van der Waals surface area contributed by atoms with Gasteiger partial charge in [-0.2, -0.15) is 0 Å². The number of nitrogens with one attached hydrogen (secondary N) is 1. The van der Waals surface area contributed by atoms with E-state index in [1.165, 1.54) is 23.5 Å². The van der Waals surface area contributed by atoms with Crippen LogP contribution in [-0.4, -0.2) is 18.0 Å². The molecule has 1 aromatic heterocycles. The second kappa shape index (κ2) is 7.97. The number of hydrogen-bond acceptors (Lipinski definition) is 5. The Hall–Kier alpha value is -2.93. The minimum Gasteiger partial charge on any atom is -0.495 e. The number of anilines is 1. The van der Waals surface area contributed by atoms with Crippen LogP contribution in [-0.2, 0) is 6.61 Å². The van der Waals surface area contributed by atoms with Crippen molar-refractivity contribution in [2.24, 2.45) is 0 Å². The van der Waals surface area contributed by atoms with E-state index >= 15 is 0 Å². The molecule has 7 heteroatoms. The predicted molar refractivity (Wildman–Crippen MR) is 98.5 cm³/mol. The lowest BCUT2D eigenvalue weighted by molar-refractivity contribution is 0.102. The lowest BCUT2D eigenvalue weighted by Gasteiger charge is -2.08. The highest BCUT2D eigenvalue weighted by Crippen LogP contribution is 2.26. The van der Waals surface area contributed by atoms with Crippen molar-refractivity contribution in [3.8, 4) is 11.5 Å². The second-order valence-corrected chi connectivity index (χ2v) is 6.50. The standard InChI is InChI=1S/C19H17FN2O3S/c1-12-18(19(23)22-15-5-3-4-6-16(15)24-2)26-17(21-12)11-25-14-9-7-13(20)8-10-14/h3-10H,11H2,1-2H3,(H,22,23). The van der Waals surface area contributed by atoms with Crippen LogP contribution in [0.1, 0.15) is 20.4 Å². The first-order valence-corrected chi connectivity index (χ1v) is 8.67. The second-order valence-electron chi connectivity index (χ2n) is 5.42. The summed E-state index contributed by atoms with van der Waals surface area (Å²) < 4.78 is 23.7. The quantitative estimate of drug-likeness (QED) is 0.695. The first-order chi connectivity index (χ1) is 12.6. The Morgan fingerprint density at radius 3 is 2.65 bits per heavy atom. The summed E-state index contributed by atoms with van der Waals surface area (Å²) in [6.45, 7) is 1.98. The van der Waals surface area contributed by atoms with Gasteiger partial charge in [-0.25, -0.2) is 9.37 Å². The Balaban J connectivity index is 1.69. The van der Waals surface area contributed by atoms with Crippen molar-refractivity contribution in [1.82, 2.24) is 4.98 Å². The number of ether oxygens (including phenoxy) is 2. The fourth-order valence-electron chi connectivity index (χ4n) is 2.33. The van der Waals surface area contributed by atoms with Crippen molar-refractivity contribution in [3.05, 3.63) is 69.9 Å². The SMILES string of the molecule is COc1ccccc1NC(=O)c1sc(COc2ccc(F)cc2)nc1C. The summed E-state index contributed by atoms with van der Waals surface area (Å²) in [7, 11) is 1.55. The van der Waals surface area contributed by atoms with Crippen molar-refractivity contribution < 1.29 is 18.7 Å². The van der Waals surface area contributed by atoms with E-state index in [2.05, 4.69) is 10.3 Å². The van der Waals surface area contributed by atoms with E-state index in [4.69, 9.17) is 9.47 Å². The molecule has 1 amide bonds. The molecule has 0 aliphatic heterocycles. The third-order valence-electron chi connectivity index (χ3n) is 3.58. The highest BCUT2D eigenvalue weighted by molar-refractivity contribution is 7.13. The van der Waals surface area contributed by atoms with Crippen molar-refractivity contribution in [1.29, 1.82) is 0 Å². The van der Waals surface area contributed by atoms with Gasteiger partial charge in [-0.15, -0.1) is 11.3 Å². The molecule has 3 rings (SSSR count). The van der Waals surface area contributed by atoms with Crippen molar-refractivity contribution in [2.75, 3.05) is 12.4 Å². The van der Waals surface area contributed by atoms with Crippen LogP contribution >= 0.6 is 11.3 Å². The Labute approximate surface area is 154 Å². The molecule has 1 heterocycles. The zero-order valence-corrected chi connectivity index (χ0v) is 15.1. The summed E-state index contributed by atoms with van der Waals surface area (Å²) in [5, 5.41) is 3.50. The third-order valence-corrected chi connectivity index (χ3v) is 4.71. The van der Waals surface area contributed by atoms with Crippen molar-refractivity contribution >= 4 is 22.9 Å². The fourth-order valence-corrected chi connectivity index (χ4v) is 3.20. The molecule has 3 aromatic rings. The van der Waals surface area contributed by atoms with E-state index in [-0.39, 0.29) is 18.3 Å². The summed E-state index contributed by atoms with van der Waals surface area (Å²) >= 11 is 1.26. The molecule has 0 aliphatic rings. The molecular formula is C19H17FN2O3S. The fraction of sp³-hybridized carbons (Fsp3) is 0.158. The van der Waals surface area contributed by atoms with E-state index < -0.39 is 0 Å². The van der Waals surface area contributed by atoms with Crippen LogP contribution in [0.5, 0.6) is 11.5 Å². The number of rotatable bonds is 6. The smallest absolute Gasteiger partial charge is 0.267 e. The van der Waals surface area contributed by atoms with Crippen LogP contribution in [0.4, 0.5) is 10.1 Å². The van der Waals surface area contributed by atoms with Gasteiger partial charge in [-0.3, -0.25) is 4.79 Å². The summed E-state index contributed by atoms with van der Waals surface area (Å²) in [6.07, 6.45) is 0. The number of carbonyl (C=O) groups is 1. The normalized spacial score (nSPS) is 10.4. The highest BCUT2D eigenvalue weighted by Gasteiger charge is 2.17. The number of para-hydroxylation sites is 2. The van der Waals surface area contributed by atoms with E-state index in [1.54, 1.807) is 38.3 Å². The molecule has 0 spiro atoms. The topological polar surface area (TPSA) is 60.5 Å². The van der Waals surface area contributed by atoms with Gasteiger partial charge in [0.25, 0.3) is 5.91 Å². The van der Waals surface area contributed by atoms with Gasteiger partial charge in [0, 0.05) is 0 Å². The maximum absolute atomic E-state index is 12.9. The van der Waals surface area contributed by atoms with Crippen LogP contribution < -0.4 is 14.8 Å². The van der Waals surface area contributed by atoms with Crippen molar-refractivity contribution in [3.63, 3.8) is 0 Å². The molecule has 0 radical (unpaired) electrons. The van der Waals surface area contributed by atoms with Gasteiger partial charge in [0.05, 0.1) is 18.5 Å². The lowest BCUT2D eigenvalue weighted by atomic mass is 10.3. The van der Waals surface area contributed by atoms with Gasteiger partial charge in [0.2, 0.25) is 0 Å². The van der Waals surface area contributed by atoms with Gasteiger partial charge in [-0.1, -0.05) is 12.1 Å². The average Bonchev–Trinajstić information content (AvgIpc) is 3.02. The molecule has 0 bridgehead atoms. The molecular weight excluding hydrogens is 355 g/mol. The summed E-state index contributed by atoms with van der Waals surface area (Å²) in [4.78, 5) is 17.4. The molecule has 0 atom stereocenters. The van der Waals surface area contributed by atoms with E-state index in [0.717, 1.165) is 0 Å². The van der Waals surface area contributed by atoms with Crippen LogP contribution in [0.15, 0.2) is 48.5 Å². The molecule has 26 heavy (non-hydrogen) atoms. The van der Waals surface area contributed by atoms with Gasteiger partial charge < -0.3 is 14.8 Å². The molecule has 0 saturated carbocycles. The molecule has 1 N–H and O–H groups in total. The number of methoxy groups -OCH3 is 1. The van der Waals surface area contributed by atoms with Crippen molar-refractivity contribution in [2.45, 2.75) is 13.5 Å². The largest absolute Gasteiger partial charge is 0.495 e. The van der Waals surface area contributed by atoms with Crippen LogP contribution in [0.25, 0.3) is 0 Å². The average molecular weight is 372 g/mol. The first kappa shape index (κ1) is 17.9. The molecule has 134 valence electrons. The summed E-state index contributed by atoms with van der Waals surface area (Å²) in [5.41, 5.74) is 1.22. The maximum atomic E-state index is 12.9. The molecule has 0 unspecified atom stereocenters. The molecule has 2 aromatic carbocycles. The number of amides is 1. The van der Waals surface area contributed by atoms with Gasteiger partial charge in [-0.05, 0) is 43.3 Å². The predicted octanol–water partition coefficient (Wildman–Crippen LogP) is 4.43. The monoisotopic (exact) mass is 372 g/mol. The van der Waals surface area contributed by atoms with Gasteiger partial charge in [0.15, 0.2) is 0 Å². The molecule has 5 nitrogen and oxygen atoms in total. The minimum atomic E-state index is -0.322. The maximum Gasteiger partial charge on any atom is 0.267 e. The zero-order chi connectivity index (χ0) is 18.5.